The van der Waals surface area contributed by atoms with Crippen LogP contribution in [0.5, 0.6) is 0 Å². The molecule has 0 aliphatic carbocycles. The molecule has 130 valence electrons. The fourth-order valence-electron chi connectivity index (χ4n) is 1.70. The van der Waals surface area contributed by atoms with E-state index in [0.29, 0.717) is 16.5 Å². The number of nitrogens with one attached hydrogen (secondary N) is 1. The van der Waals surface area contributed by atoms with Gasteiger partial charge in [-0.05, 0) is 46.3 Å². The zero-order chi connectivity index (χ0) is 18.4. The summed E-state index contributed by atoms with van der Waals surface area (Å²) in [5.74, 6) is -2.03. The number of nitro groups is 1. The van der Waals surface area contributed by atoms with Crippen LogP contribution < -0.4 is 5.32 Å². The van der Waals surface area contributed by atoms with Crippen molar-refractivity contribution in [3.05, 3.63) is 62.8 Å². The molecule has 0 atom stereocenters. The fraction of sp³-hybridized carbons (Fsp3) is 0.0667. The van der Waals surface area contributed by atoms with Gasteiger partial charge in [-0.1, -0.05) is 0 Å². The summed E-state index contributed by atoms with van der Waals surface area (Å²) in [6.45, 7) is -0.667. The van der Waals surface area contributed by atoms with E-state index in [1.807, 2.05) is 0 Å². The van der Waals surface area contributed by atoms with Crippen LogP contribution in [-0.2, 0) is 14.3 Å². The number of hydrogen-bond donors (Lipinski definition) is 1. The predicted octanol–water partition coefficient (Wildman–Crippen LogP) is 3.28. The van der Waals surface area contributed by atoms with Gasteiger partial charge in [0.05, 0.1) is 11.0 Å². The maximum Gasteiger partial charge on any atom is 0.331 e. The Morgan fingerprint density at radius 1 is 1.36 bits per heavy atom. The van der Waals surface area contributed by atoms with Gasteiger partial charge in [0.25, 0.3) is 11.6 Å². The molecule has 0 saturated heterocycles. The van der Waals surface area contributed by atoms with Crippen LogP contribution in [0, 0.1) is 15.9 Å². The van der Waals surface area contributed by atoms with Gasteiger partial charge in [-0.15, -0.1) is 0 Å². The van der Waals surface area contributed by atoms with Gasteiger partial charge in [0.15, 0.2) is 11.3 Å². The molecule has 2 aromatic rings. The first kappa shape index (κ1) is 18.3. The number of rotatable bonds is 6. The number of hydrogen-bond acceptors (Lipinski definition) is 6. The first-order valence-electron chi connectivity index (χ1n) is 6.69. The molecule has 1 N–H and O–H groups in total. The average molecular weight is 413 g/mol. The Morgan fingerprint density at radius 3 is 2.76 bits per heavy atom. The molecule has 0 bridgehead atoms. The van der Waals surface area contributed by atoms with Crippen molar-refractivity contribution in [2.45, 2.75) is 0 Å². The lowest BCUT2D eigenvalue weighted by Gasteiger charge is -2.06. The van der Waals surface area contributed by atoms with Crippen molar-refractivity contribution < 1.29 is 28.1 Å². The lowest BCUT2D eigenvalue weighted by Crippen LogP contribution is -2.20. The molecule has 0 radical (unpaired) electrons. The van der Waals surface area contributed by atoms with Gasteiger partial charge in [0.1, 0.15) is 17.3 Å². The van der Waals surface area contributed by atoms with Crippen molar-refractivity contribution in [3.63, 3.8) is 0 Å². The number of carbonyl (C=O) groups excluding carboxylic acids is 2. The third-order valence-electron chi connectivity index (χ3n) is 2.75. The smallest absolute Gasteiger partial charge is 0.331 e. The van der Waals surface area contributed by atoms with Crippen LogP contribution in [0.1, 0.15) is 5.76 Å². The number of esters is 1. The molecule has 1 aromatic heterocycles. The third kappa shape index (κ3) is 5.53. The van der Waals surface area contributed by atoms with Crippen LogP contribution >= 0.6 is 15.9 Å². The quantitative estimate of drug-likeness (QED) is 0.337. The maximum absolute atomic E-state index is 13.0. The van der Waals surface area contributed by atoms with E-state index in [1.54, 1.807) is 12.1 Å². The summed E-state index contributed by atoms with van der Waals surface area (Å²) in [4.78, 5) is 33.2. The molecule has 0 aliphatic heterocycles. The number of nitrogens with zero attached hydrogens (tertiary/aromatic N) is 1. The van der Waals surface area contributed by atoms with Gasteiger partial charge < -0.3 is 14.5 Å². The van der Waals surface area contributed by atoms with Crippen molar-refractivity contribution >= 4 is 45.3 Å². The van der Waals surface area contributed by atoms with Gasteiger partial charge in [0.2, 0.25) is 0 Å². The topological polar surface area (TPSA) is 112 Å². The van der Waals surface area contributed by atoms with Crippen molar-refractivity contribution in [1.82, 2.24) is 0 Å². The van der Waals surface area contributed by atoms with Crippen LogP contribution in [0.25, 0.3) is 6.08 Å². The normalized spacial score (nSPS) is 10.6. The number of benzene rings is 1. The van der Waals surface area contributed by atoms with Crippen LogP contribution in [0.2, 0.25) is 0 Å². The molecule has 0 aliphatic rings. The Bertz CT molecular complexity index is 848. The minimum atomic E-state index is -0.838. The van der Waals surface area contributed by atoms with E-state index in [1.165, 1.54) is 6.08 Å². The summed E-state index contributed by atoms with van der Waals surface area (Å²) >= 11 is 3.10. The fourth-order valence-corrected chi connectivity index (χ4v) is 2.02. The Morgan fingerprint density at radius 2 is 2.12 bits per heavy atom. The number of furan rings is 1. The zero-order valence-electron chi connectivity index (χ0n) is 12.4. The lowest BCUT2D eigenvalue weighted by atomic mass is 10.2. The molecule has 0 spiro atoms. The van der Waals surface area contributed by atoms with Gasteiger partial charge in [-0.2, -0.15) is 0 Å². The van der Waals surface area contributed by atoms with Gasteiger partial charge in [-0.25, -0.2) is 9.18 Å². The summed E-state index contributed by atoms with van der Waals surface area (Å²) in [6.07, 6.45) is 2.40. The van der Waals surface area contributed by atoms with Crippen LogP contribution in [-0.4, -0.2) is 23.4 Å². The molecule has 8 nitrogen and oxygen atoms in total. The van der Waals surface area contributed by atoms with Crippen LogP contribution in [0.4, 0.5) is 15.8 Å². The van der Waals surface area contributed by atoms with E-state index in [0.717, 1.165) is 18.2 Å². The van der Waals surface area contributed by atoms with Crippen molar-refractivity contribution in [1.29, 1.82) is 0 Å². The van der Waals surface area contributed by atoms with Gasteiger partial charge in [0, 0.05) is 6.08 Å². The van der Waals surface area contributed by atoms with E-state index in [9.17, 15) is 24.1 Å². The lowest BCUT2D eigenvalue weighted by molar-refractivity contribution is -0.384. The molecule has 2 rings (SSSR count). The summed E-state index contributed by atoms with van der Waals surface area (Å²) in [6, 6.07) is 5.91. The molecular formula is C15H10BrFN2O6. The molecular weight excluding hydrogens is 403 g/mol. The third-order valence-corrected chi connectivity index (χ3v) is 3.18. The molecule has 25 heavy (non-hydrogen) atoms. The van der Waals surface area contributed by atoms with Gasteiger partial charge >= 0.3 is 5.97 Å². The second-order valence-corrected chi connectivity index (χ2v) is 5.33. The van der Waals surface area contributed by atoms with E-state index in [4.69, 9.17) is 9.15 Å². The molecule has 10 heteroatoms. The second kappa shape index (κ2) is 8.20. The first-order chi connectivity index (χ1) is 11.8. The van der Waals surface area contributed by atoms with Crippen molar-refractivity contribution in [2.24, 2.45) is 0 Å². The summed E-state index contributed by atoms with van der Waals surface area (Å²) in [5.41, 5.74) is -0.814. The average Bonchev–Trinajstić information content (AvgIpc) is 2.98. The highest BCUT2D eigenvalue weighted by Gasteiger charge is 2.17. The van der Waals surface area contributed by atoms with Gasteiger partial charge in [-0.3, -0.25) is 14.9 Å². The Balaban J connectivity index is 1.89. The molecule has 0 unspecified atom stereocenters. The maximum atomic E-state index is 13.0. The van der Waals surface area contributed by atoms with E-state index in [-0.39, 0.29) is 5.69 Å². The van der Waals surface area contributed by atoms with Crippen molar-refractivity contribution in [3.8, 4) is 0 Å². The highest BCUT2D eigenvalue weighted by atomic mass is 79.9. The number of anilines is 1. The highest BCUT2D eigenvalue weighted by molar-refractivity contribution is 9.10. The molecule has 1 aromatic carbocycles. The van der Waals surface area contributed by atoms with Crippen LogP contribution in [0.15, 0.2) is 45.5 Å². The zero-order valence-corrected chi connectivity index (χ0v) is 14.0. The van der Waals surface area contributed by atoms with E-state index < -0.39 is 34.9 Å². The monoisotopic (exact) mass is 412 g/mol. The molecule has 1 heterocycles. The standard InChI is InChI=1S/C15H10BrFN2O6/c16-13-5-2-10(25-13)3-6-15(21)24-8-14(20)18-11-4-1-9(17)7-12(11)19(22)23/h1-7H,8H2,(H,18,20)/b6-3+. The summed E-state index contributed by atoms with van der Waals surface area (Å²) in [7, 11) is 0. The largest absolute Gasteiger partial charge is 0.452 e. The number of nitro benzene ring substituents is 1. The number of carbonyl (C=O) groups is 2. The number of ether oxygens (including phenoxy) is 1. The minimum absolute atomic E-state index is 0.205. The Labute approximate surface area is 148 Å². The Hall–Kier alpha value is -3.01. The first-order valence-corrected chi connectivity index (χ1v) is 7.48. The van der Waals surface area contributed by atoms with E-state index in [2.05, 4.69) is 21.2 Å². The summed E-state index contributed by atoms with van der Waals surface area (Å²) in [5, 5.41) is 13.0. The molecule has 0 fully saturated rings. The van der Waals surface area contributed by atoms with E-state index >= 15 is 0 Å². The highest BCUT2D eigenvalue weighted by Crippen LogP contribution is 2.24. The number of amides is 1. The second-order valence-electron chi connectivity index (χ2n) is 4.55. The van der Waals surface area contributed by atoms with Crippen molar-refractivity contribution in [2.75, 3.05) is 11.9 Å². The molecule has 1 amide bonds. The Kier molecular flexibility index (Phi) is 6.01. The van der Waals surface area contributed by atoms with Crippen LogP contribution in [0.3, 0.4) is 0 Å². The number of halogens is 2. The minimum Gasteiger partial charge on any atom is -0.452 e. The molecule has 0 saturated carbocycles. The SMILES string of the molecule is O=C(COC(=O)/C=C/c1ccc(Br)o1)Nc1ccc(F)cc1[N+](=O)[O-]. The summed E-state index contributed by atoms with van der Waals surface area (Å²) < 4.78 is 23.3. The predicted molar refractivity (Wildman–Crippen MR) is 88.1 cm³/mol.